The van der Waals surface area contributed by atoms with E-state index in [1.807, 2.05) is 39.2 Å². The van der Waals surface area contributed by atoms with Gasteiger partial charge in [0.15, 0.2) is 0 Å². The van der Waals surface area contributed by atoms with Gasteiger partial charge in [-0.05, 0) is 43.2 Å². The third kappa shape index (κ3) is 5.08. The van der Waals surface area contributed by atoms with Crippen LogP contribution >= 0.6 is 11.8 Å². The van der Waals surface area contributed by atoms with Gasteiger partial charge in [-0.1, -0.05) is 19.9 Å². The molecule has 0 aliphatic carbocycles. The maximum Gasteiger partial charge on any atom is 0.328 e. The number of hydrogen-bond acceptors (Lipinski definition) is 4. The Kier molecular flexibility index (Phi) is 6.75. The van der Waals surface area contributed by atoms with Crippen molar-refractivity contribution in [1.82, 2.24) is 5.32 Å². The van der Waals surface area contributed by atoms with Crippen LogP contribution in [0.3, 0.4) is 0 Å². The molecule has 0 aliphatic heterocycles. The average Bonchev–Trinajstić information content (AvgIpc) is 2.45. The SMILES string of the molecule is COC(=O)[C@H](CC(C)C)NC(=O)c1ccc(C)c(SC)c1. The lowest BCUT2D eigenvalue weighted by Gasteiger charge is -2.18. The fourth-order valence-corrected chi connectivity index (χ4v) is 2.67. The summed E-state index contributed by atoms with van der Waals surface area (Å²) in [4.78, 5) is 25.1. The Morgan fingerprint density at radius 1 is 1.33 bits per heavy atom. The highest BCUT2D eigenvalue weighted by Crippen LogP contribution is 2.21. The van der Waals surface area contributed by atoms with Gasteiger partial charge < -0.3 is 10.1 Å². The fraction of sp³-hybridized carbons (Fsp3) is 0.500. The Bertz CT molecular complexity index is 514. The number of benzene rings is 1. The number of ether oxygens (including phenoxy) is 1. The van der Waals surface area contributed by atoms with E-state index < -0.39 is 12.0 Å². The summed E-state index contributed by atoms with van der Waals surface area (Å²) in [5.74, 6) is -0.371. The van der Waals surface area contributed by atoms with E-state index in [9.17, 15) is 9.59 Å². The molecule has 0 radical (unpaired) electrons. The van der Waals surface area contributed by atoms with E-state index in [1.54, 1.807) is 17.8 Å². The Balaban J connectivity index is 2.88. The van der Waals surface area contributed by atoms with Gasteiger partial charge in [-0.2, -0.15) is 0 Å². The van der Waals surface area contributed by atoms with Crippen molar-refractivity contribution in [1.29, 1.82) is 0 Å². The summed E-state index contributed by atoms with van der Waals surface area (Å²) >= 11 is 1.60. The Morgan fingerprint density at radius 2 is 2.00 bits per heavy atom. The van der Waals surface area contributed by atoms with Crippen molar-refractivity contribution >= 4 is 23.6 Å². The second-order valence-electron chi connectivity index (χ2n) is 5.36. The van der Waals surface area contributed by atoms with Crippen molar-refractivity contribution in [2.45, 2.75) is 38.1 Å². The van der Waals surface area contributed by atoms with Crippen LogP contribution in [0.4, 0.5) is 0 Å². The third-order valence-corrected chi connectivity index (χ3v) is 4.05. The summed E-state index contributed by atoms with van der Waals surface area (Å²) in [6.45, 7) is 6.00. The molecule has 0 saturated carbocycles. The van der Waals surface area contributed by atoms with Gasteiger partial charge in [0.25, 0.3) is 5.91 Å². The van der Waals surface area contributed by atoms with Gasteiger partial charge in [-0.15, -0.1) is 11.8 Å². The zero-order valence-corrected chi connectivity index (χ0v) is 14.0. The van der Waals surface area contributed by atoms with Crippen LogP contribution in [0.15, 0.2) is 23.1 Å². The van der Waals surface area contributed by atoms with Crippen molar-refractivity contribution in [2.75, 3.05) is 13.4 Å². The lowest BCUT2D eigenvalue weighted by atomic mass is 10.0. The maximum atomic E-state index is 12.3. The van der Waals surface area contributed by atoms with E-state index in [2.05, 4.69) is 5.32 Å². The second kappa shape index (κ2) is 8.08. The first-order valence-electron chi connectivity index (χ1n) is 6.92. The quantitative estimate of drug-likeness (QED) is 0.648. The molecule has 0 fully saturated rings. The minimum Gasteiger partial charge on any atom is -0.467 e. The van der Waals surface area contributed by atoms with Crippen LogP contribution in [0.25, 0.3) is 0 Å². The van der Waals surface area contributed by atoms with Crippen LogP contribution < -0.4 is 5.32 Å². The number of methoxy groups -OCH3 is 1. The fourth-order valence-electron chi connectivity index (χ4n) is 2.03. The summed E-state index contributed by atoms with van der Waals surface area (Å²) < 4.78 is 4.76. The molecule has 21 heavy (non-hydrogen) atoms. The van der Waals surface area contributed by atoms with Crippen molar-refractivity contribution in [3.8, 4) is 0 Å². The van der Waals surface area contributed by atoms with Crippen LogP contribution in [-0.2, 0) is 9.53 Å². The van der Waals surface area contributed by atoms with Gasteiger partial charge >= 0.3 is 5.97 Å². The van der Waals surface area contributed by atoms with Gasteiger partial charge in [0, 0.05) is 10.5 Å². The molecule has 0 heterocycles. The molecule has 0 saturated heterocycles. The summed E-state index contributed by atoms with van der Waals surface area (Å²) in [6.07, 6.45) is 2.53. The minimum atomic E-state index is -0.610. The molecule has 0 spiro atoms. The van der Waals surface area contributed by atoms with E-state index >= 15 is 0 Å². The summed E-state index contributed by atoms with van der Waals surface area (Å²) in [7, 11) is 1.33. The molecule has 1 N–H and O–H groups in total. The molecular weight excluding hydrogens is 286 g/mol. The Morgan fingerprint density at radius 3 is 2.52 bits per heavy atom. The lowest BCUT2D eigenvalue weighted by Crippen LogP contribution is -2.42. The molecule has 1 atom stereocenters. The number of esters is 1. The highest BCUT2D eigenvalue weighted by atomic mass is 32.2. The number of aryl methyl sites for hydroxylation is 1. The van der Waals surface area contributed by atoms with Crippen LogP contribution in [0.5, 0.6) is 0 Å². The van der Waals surface area contributed by atoms with E-state index in [1.165, 1.54) is 7.11 Å². The molecule has 0 aromatic heterocycles. The highest BCUT2D eigenvalue weighted by Gasteiger charge is 2.23. The molecule has 1 aromatic carbocycles. The zero-order chi connectivity index (χ0) is 16.0. The molecule has 0 aliphatic rings. The number of carbonyl (C=O) groups is 2. The van der Waals surface area contributed by atoms with E-state index in [0.717, 1.165) is 10.5 Å². The van der Waals surface area contributed by atoms with Crippen LogP contribution in [0.1, 0.15) is 36.2 Å². The number of nitrogens with one attached hydrogen (secondary N) is 1. The minimum absolute atomic E-state index is 0.249. The van der Waals surface area contributed by atoms with Crippen molar-refractivity contribution < 1.29 is 14.3 Å². The summed E-state index contributed by atoms with van der Waals surface area (Å²) in [6, 6.07) is 4.92. The second-order valence-corrected chi connectivity index (χ2v) is 6.21. The summed E-state index contributed by atoms with van der Waals surface area (Å²) in [5, 5.41) is 2.76. The smallest absolute Gasteiger partial charge is 0.328 e. The predicted molar refractivity (Wildman–Crippen MR) is 85.7 cm³/mol. The van der Waals surface area contributed by atoms with Gasteiger partial charge in [-0.3, -0.25) is 4.79 Å². The van der Waals surface area contributed by atoms with Crippen LogP contribution in [-0.4, -0.2) is 31.3 Å². The molecule has 1 aromatic rings. The van der Waals surface area contributed by atoms with E-state index in [4.69, 9.17) is 4.74 Å². The largest absolute Gasteiger partial charge is 0.467 e. The number of rotatable bonds is 6. The Labute approximate surface area is 130 Å². The van der Waals surface area contributed by atoms with E-state index in [-0.39, 0.29) is 11.8 Å². The number of hydrogen-bond donors (Lipinski definition) is 1. The zero-order valence-electron chi connectivity index (χ0n) is 13.2. The van der Waals surface area contributed by atoms with Crippen LogP contribution in [0.2, 0.25) is 0 Å². The average molecular weight is 309 g/mol. The van der Waals surface area contributed by atoms with E-state index in [0.29, 0.717) is 12.0 Å². The molecule has 1 amide bonds. The molecule has 116 valence electrons. The molecular formula is C16H23NO3S. The monoisotopic (exact) mass is 309 g/mol. The molecule has 0 bridgehead atoms. The van der Waals surface area contributed by atoms with Crippen molar-refractivity contribution in [3.05, 3.63) is 29.3 Å². The lowest BCUT2D eigenvalue weighted by molar-refractivity contribution is -0.143. The first kappa shape index (κ1) is 17.6. The van der Waals surface area contributed by atoms with Gasteiger partial charge in [0.2, 0.25) is 0 Å². The number of carbonyl (C=O) groups excluding carboxylic acids is 2. The Hall–Kier alpha value is -1.49. The first-order valence-corrected chi connectivity index (χ1v) is 8.14. The third-order valence-electron chi connectivity index (χ3n) is 3.17. The van der Waals surface area contributed by atoms with Crippen molar-refractivity contribution in [2.24, 2.45) is 5.92 Å². The maximum absolute atomic E-state index is 12.3. The van der Waals surface area contributed by atoms with Gasteiger partial charge in [0.05, 0.1) is 7.11 Å². The van der Waals surface area contributed by atoms with Gasteiger partial charge in [-0.25, -0.2) is 4.79 Å². The molecule has 4 nitrogen and oxygen atoms in total. The normalized spacial score (nSPS) is 12.1. The van der Waals surface area contributed by atoms with Crippen molar-refractivity contribution in [3.63, 3.8) is 0 Å². The molecule has 5 heteroatoms. The number of thioether (sulfide) groups is 1. The predicted octanol–water partition coefficient (Wildman–Crippen LogP) is 3.03. The molecule has 1 rings (SSSR count). The standard InChI is InChI=1S/C16H23NO3S/c1-10(2)8-13(16(19)20-4)17-15(18)12-7-6-11(3)14(9-12)21-5/h6-7,9-10,13H,8H2,1-5H3,(H,17,18)/t13-/m0/s1. The van der Waals surface area contributed by atoms with Gasteiger partial charge in [0.1, 0.15) is 6.04 Å². The van der Waals surface area contributed by atoms with Crippen LogP contribution in [0, 0.1) is 12.8 Å². The first-order chi connectivity index (χ1) is 9.88. The highest BCUT2D eigenvalue weighted by molar-refractivity contribution is 7.98. The molecule has 0 unspecified atom stereocenters. The summed E-state index contributed by atoms with van der Waals surface area (Å²) in [5.41, 5.74) is 1.69. The number of amides is 1. The topological polar surface area (TPSA) is 55.4 Å².